The highest BCUT2D eigenvalue weighted by Crippen LogP contribution is 2.65. The Balaban J connectivity index is 0.000000111. The van der Waals surface area contributed by atoms with Gasteiger partial charge >= 0.3 is 7.12 Å². The van der Waals surface area contributed by atoms with E-state index in [9.17, 15) is 0 Å². The van der Waals surface area contributed by atoms with Crippen molar-refractivity contribution in [3.05, 3.63) is 385 Å². The largest absolute Gasteiger partial charge is 0.494 e. The van der Waals surface area contributed by atoms with E-state index in [4.69, 9.17) is 44.7 Å². The summed E-state index contributed by atoms with van der Waals surface area (Å²) in [7, 11) is -0.392. The average Bonchev–Trinajstić information content (AvgIpc) is 1.50. The molecule has 0 unspecified atom stereocenters. The summed E-state index contributed by atoms with van der Waals surface area (Å²) in [5, 5.41) is 15.0. The van der Waals surface area contributed by atoms with Crippen molar-refractivity contribution < 1.29 is 18.1 Å². The molecule has 4 aromatic heterocycles. The molecule has 0 amide bonds. The van der Waals surface area contributed by atoms with Gasteiger partial charge in [0.15, 0.2) is 29.1 Å². The van der Waals surface area contributed by atoms with E-state index in [1.807, 2.05) is 121 Å². The van der Waals surface area contributed by atoms with Crippen molar-refractivity contribution in [2.45, 2.75) is 49.7 Å². The first-order valence-electron chi connectivity index (χ1n) is 38.7. The fraction of sp³-hybridized carbons (Fsp3) is 0.0777. The van der Waals surface area contributed by atoms with Crippen LogP contribution in [0.2, 0.25) is 5.28 Å². The molecular formula is C103H69BClN6O4-. The van der Waals surface area contributed by atoms with Crippen LogP contribution in [0.15, 0.2) is 336 Å². The van der Waals surface area contributed by atoms with E-state index >= 15 is 0 Å². The number of furan rings is 2. The lowest BCUT2D eigenvalue weighted by Gasteiger charge is -2.32. The molecule has 2 spiro atoms. The first-order chi connectivity index (χ1) is 55.9. The van der Waals surface area contributed by atoms with Gasteiger partial charge in [0.05, 0.1) is 22.0 Å². The number of aromatic nitrogens is 6. The number of nitrogens with zero attached hydrogens (tertiary/aromatic N) is 6. The van der Waals surface area contributed by atoms with Gasteiger partial charge < -0.3 is 25.6 Å². The van der Waals surface area contributed by atoms with E-state index in [2.05, 4.69) is 249 Å². The van der Waals surface area contributed by atoms with Gasteiger partial charge in [0.2, 0.25) is 5.28 Å². The molecule has 12 heteroatoms. The Morgan fingerprint density at radius 2 is 0.591 bits per heavy atom. The third-order valence-electron chi connectivity index (χ3n) is 24.9. The highest BCUT2D eigenvalue weighted by molar-refractivity contribution is 6.62. The summed E-state index contributed by atoms with van der Waals surface area (Å²) in [5.41, 5.74) is 23.3. The molecule has 4 aliphatic carbocycles. The van der Waals surface area contributed by atoms with Gasteiger partial charge in [0, 0.05) is 49.4 Å². The van der Waals surface area contributed by atoms with Crippen LogP contribution in [0.25, 0.3) is 166 Å². The lowest BCUT2D eigenvalue weighted by atomic mass is 9.68. The third-order valence-corrected chi connectivity index (χ3v) is 25.0. The third kappa shape index (κ3) is 10.0. The Labute approximate surface area is 668 Å². The first-order valence-corrected chi connectivity index (χ1v) is 39.1. The summed E-state index contributed by atoms with van der Waals surface area (Å²) in [5.74, 6) is 2.99. The molecule has 10 nitrogen and oxygen atoms in total. The molecule has 1 saturated heterocycles. The quantitative estimate of drug-likeness (QED) is 0.0903. The van der Waals surface area contributed by atoms with Gasteiger partial charge in [0.25, 0.3) is 0 Å². The minimum absolute atomic E-state index is 0. The normalized spacial score (nSPS) is 14.8. The van der Waals surface area contributed by atoms with Gasteiger partial charge in [-0.2, -0.15) is 9.97 Å². The minimum atomic E-state index is -0.462. The van der Waals surface area contributed by atoms with Crippen LogP contribution >= 0.6 is 11.6 Å². The molecule has 0 bridgehead atoms. The Hall–Kier alpha value is -13.5. The predicted octanol–water partition coefficient (Wildman–Crippen LogP) is 24.9. The SMILES string of the molecule is CC1(C)OB(c2ccc3c(c2)C2(c4ccccc4-3)c3cccc4ccc5cccc2c5c34)OC1(C)C.Clc1nc(-c2ccccc2)nc(-c2ccc3oc4ccccc4c3c2)n1.[CH3-].c1ccc(-c2nc(-c3ccc4c(c3)C3(c5ccccc5-4)c4cccc5ccc6cccc3c6c45)nc(-c3ccc4oc5ccccc5c4c3)n2)cc1. The van der Waals surface area contributed by atoms with E-state index in [-0.39, 0.29) is 29.3 Å². The van der Waals surface area contributed by atoms with E-state index in [1.54, 1.807) is 0 Å². The zero-order valence-corrected chi connectivity index (χ0v) is 64.2. The predicted molar refractivity (Wildman–Crippen MR) is 467 cm³/mol. The first kappa shape index (κ1) is 68.3. The maximum absolute atomic E-state index is 6.49. The summed E-state index contributed by atoms with van der Waals surface area (Å²) in [4.78, 5) is 28.6. The van der Waals surface area contributed by atoms with E-state index in [0.29, 0.717) is 29.1 Å². The van der Waals surface area contributed by atoms with Crippen LogP contribution in [-0.2, 0) is 20.1 Å². The van der Waals surface area contributed by atoms with Crippen molar-refractivity contribution >= 4 is 111 Å². The van der Waals surface area contributed by atoms with Crippen LogP contribution in [-0.4, -0.2) is 48.2 Å². The molecule has 546 valence electrons. The molecule has 0 radical (unpaired) electrons. The Bertz CT molecular complexity index is 7360. The maximum Gasteiger partial charge on any atom is 0.494 e. The summed E-state index contributed by atoms with van der Waals surface area (Å²) in [6.45, 7) is 8.47. The van der Waals surface area contributed by atoms with Crippen LogP contribution in [0, 0.1) is 7.43 Å². The number of halogens is 1. The summed E-state index contributed by atoms with van der Waals surface area (Å²) in [6, 6.07) is 116. The standard InChI is InChI=1S/C48H27N3O.C33H27BO2.C21H12ClN3O.CH3/c1-2-10-30(11-3-1)45-49-46(31-23-25-42-36(26-31)35-15-5-7-19-41(35)52-42)51-47(50-45)32-22-24-34-33-14-4-6-16-37(33)48(40(34)27-32)38-17-8-12-28-20-21-29-13-9-18-39(48)44(29)43(28)38;1-31(2)32(3,4)36-34(35-31)22-17-18-24-23-11-5-6-12-25(23)33(28(24)19-22)26-13-7-9-20-15-16-21-10-8-14-27(33)30(21)29(20)26;22-21-24-19(13-6-2-1-3-7-13)23-20(25-21)14-10-11-18-16(12-14)15-8-4-5-9-17(15)26-18;/h1-27H;5-19H,1-4H3;1-12H;1H3/q;;;-1. The smallest absolute Gasteiger partial charge is 0.456 e. The zero-order valence-electron chi connectivity index (χ0n) is 63.4. The highest BCUT2D eigenvalue weighted by atomic mass is 35.5. The second-order valence-electron chi connectivity index (χ2n) is 31.4. The van der Waals surface area contributed by atoms with Gasteiger partial charge in [-0.15, -0.1) is 0 Å². The minimum Gasteiger partial charge on any atom is -0.456 e. The maximum atomic E-state index is 6.49. The molecule has 115 heavy (non-hydrogen) atoms. The molecule has 25 rings (SSSR count). The van der Waals surface area contributed by atoms with Gasteiger partial charge in [0.1, 0.15) is 22.3 Å². The van der Waals surface area contributed by atoms with Crippen LogP contribution in [0.5, 0.6) is 0 Å². The molecule has 1 aliphatic heterocycles. The van der Waals surface area contributed by atoms with Crippen LogP contribution in [0.1, 0.15) is 72.2 Å². The lowest BCUT2D eigenvalue weighted by Crippen LogP contribution is -2.41. The van der Waals surface area contributed by atoms with Gasteiger partial charge in [-0.1, -0.05) is 273 Å². The number of fused-ring (bicyclic) bond motifs is 20. The van der Waals surface area contributed by atoms with Crippen LogP contribution in [0.3, 0.4) is 0 Å². The van der Waals surface area contributed by atoms with Crippen molar-refractivity contribution in [3.63, 3.8) is 0 Å². The van der Waals surface area contributed by atoms with Gasteiger partial charge in [-0.25, -0.2) is 19.9 Å². The Kier molecular flexibility index (Phi) is 15.1. The summed E-state index contributed by atoms with van der Waals surface area (Å²) >= 11 is 6.16. The molecule has 0 saturated carbocycles. The molecular weight excluding hydrogens is 1430 g/mol. The van der Waals surface area contributed by atoms with Crippen molar-refractivity contribution in [3.8, 4) is 79.2 Å². The Morgan fingerprint density at radius 1 is 0.261 bits per heavy atom. The molecule has 0 N–H and O–H groups in total. The number of hydrogen-bond donors (Lipinski definition) is 0. The zero-order chi connectivity index (χ0) is 75.9. The summed E-state index contributed by atoms with van der Waals surface area (Å²) < 4.78 is 25.0. The lowest BCUT2D eigenvalue weighted by molar-refractivity contribution is 0.00578. The van der Waals surface area contributed by atoms with Crippen molar-refractivity contribution in [1.82, 2.24) is 29.9 Å². The molecule has 20 aromatic rings. The van der Waals surface area contributed by atoms with Crippen molar-refractivity contribution in [1.29, 1.82) is 0 Å². The number of hydrogen-bond acceptors (Lipinski definition) is 10. The molecule has 5 heterocycles. The van der Waals surface area contributed by atoms with E-state index in [0.717, 1.165) is 77.2 Å². The molecule has 1 fully saturated rings. The Morgan fingerprint density at radius 3 is 1.04 bits per heavy atom. The topological polar surface area (TPSA) is 122 Å². The van der Waals surface area contributed by atoms with E-state index < -0.39 is 12.5 Å². The fourth-order valence-electron chi connectivity index (χ4n) is 19.1. The van der Waals surface area contributed by atoms with Crippen LogP contribution in [0.4, 0.5) is 0 Å². The fourth-order valence-corrected chi connectivity index (χ4v) is 19.3. The second kappa shape index (κ2) is 25.5. The number of rotatable bonds is 6. The monoisotopic (exact) mass is 1500 g/mol. The second-order valence-corrected chi connectivity index (χ2v) is 31.7. The summed E-state index contributed by atoms with van der Waals surface area (Å²) in [6.07, 6.45) is 0. The average molecular weight is 1500 g/mol. The van der Waals surface area contributed by atoms with Crippen molar-refractivity contribution in [2.75, 3.05) is 0 Å². The van der Waals surface area contributed by atoms with Crippen molar-refractivity contribution in [2.24, 2.45) is 0 Å². The number of benzene rings is 16. The molecule has 16 aromatic carbocycles. The van der Waals surface area contributed by atoms with Crippen LogP contribution < -0.4 is 5.46 Å². The highest BCUT2D eigenvalue weighted by Gasteiger charge is 2.55. The van der Waals surface area contributed by atoms with Gasteiger partial charge in [-0.3, -0.25) is 0 Å². The molecule has 5 aliphatic rings. The molecule has 0 atom stereocenters. The van der Waals surface area contributed by atoms with E-state index in [1.165, 1.54) is 110 Å². The van der Waals surface area contributed by atoms with Gasteiger partial charge in [-0.05, 0) is 209 Å². The number of para-hydroxylation sites is 2.